The number of hydrogen-bond donors (Lipinski definition) is 0. The van der Waals surface area contributed by atoms with Gasteiger partial charge in [0.2, 0.25) is 0 Å². The SMILES string of the molecule is COc1ccc(C2=C(C#N)[C@@H]3C=C[C@H]2C3)cc1. The summed E-state index contributed by atoms with van der Waals surface area (Å²) in [5.74, 6) is 1.64. The summed E-state index contributed by atoms with van der Waals surface area (Å²) in [7, 11) is 1.66. The van der Waals surface area contributed by atoms with Crippen LogP contribution in [-0.2, 0) is 0 Å². The van der Waals surface area contributed by atoms with Gasteiger partial charge in [-0.15, -0.1) is 0 Å². The maximum absolute atomic E-state index is 9.25. The first-order valence-corrected chi connectivity index (χ1v) is 5.80. The van der Waals surface area contributed by atoms with Gasteiger partial charge in [0.25, 0.3) is 0 Å². The Morgan fingerprint density at radius 3 is 2.53 bits per heavy atom. The van der Waals surface area contributed by atoms with E-state index in [1.807, 2.05) is 24.3 Å². The molecule has 0 aromatic heterocycles. The Kier molecular flexibility index (Phi) is 2.26. The Labute approximate surface area is 101 Å². The minimum Gasteiger partial charge on any atom is -0.497 e. The maximum Gasteiger partial charge on any atom is 0.118 e. The highest BCUT2D eigenvalue weighted by molar-refractivity contribution is 5.79. The Morgan fingerprint density at radius 2 is 1.88 bits per heavy atom. The summed E-state index contributed by atoms with van der Waals surface area (Å²) in [6.07, 6.45) is 5.46. The molecule has 2 aliphatic rings. The second-order valence-corrected chi connectivity index (χ2v) is 4.50. The van der Waals surface area contributed by atoms with E-state index in [4.69, 9.17) is 4.74 Å². The second-order valence-electron chi connectivity index (χ2n) is 4.50. The number of ether oxygens (including phenoxy) is 1. The molecule has 0 radical (unpaired) electrons. The lowest BCUT2D eigenvalue weighted by Gasteiger charge is -2.12. The van der Waals surface area contributed by atoms with Crippen LogP contribution in [0.25, 0.3) is 5.57 Å². The first-order valence-electron chi connectivity index (χ1n) is 5.80. The molecule has 2 heteroatoms. The van der Waals surface area contributed by atoms with Crippen LogP contribution in [-0.4, -0.2) is 7.11 Å². The van der Waals surface area contributed by atoms with E-state index >= 15 is 0 Å². The zero-order valence-electron chi connectivity index (χ0n) is 9.68. The van der Waals surface area contributed by atoms with Gasteiger partial charge in [0.05, 0.1) is 13.2 Å². The van der Waals surface area contributed by atoms with Crippen molar-refractivity contribution in [3.63, 3.8) is 0 Å². The Balaban J connectivity index is 2.04. The van der Waals surface area contributed by atoms with Gasteiger partial charge in [-0.05, 0) is 29.7 Å². The lowest BCUT2D eigenvalue weighted by molar-refractivity contribution is 0.415. The largest absolute Gasteiger partial charge is 0.497 e. The van der Waals surface area contributed by atoms with Crippen molar-refractivity contribution in [2.45, 2.75) is 6.42 Å². The average molecular weight is 223 g/mol. The highest BCUT2D eigenvalue weighted by atomic mass is 16.5. The molecule has 0 heterocycles. The highest BCUT2D eigenvalue weighted by Gasteiger charge is 2.35. The molecule has 2 atom stereocenters. The van der Waals surface area contributed by atoms with Gasteiger partial charge in [-0.2, -0.15) is 5.26 Å². The lowest BCUT2D eigenvalue weighted by Crippen LogP contribution is -1.97. The van der Waals surface area contributed by atoms with Crippen molar-refractivity contribution in [1.29, 1.82) is 5.26 Å². The molecule has 0 N–H and O–H groups in total. The first-order chi connectivity index (χ1) is 8.33. The Morgan fingerprint density at radius 1 is 1.18 bits per heavy atom. The van der Waals surface area contributed by atoms with Crippen molar-refractivity contribution in [3.05, 3.63) is 47.6 Å². The number of fused-ring (bicyclic) bond motifs is 2. The van der Waals surface area contributed by atoms with Crippen molar-refractivity contribution in [2.24, 2.45) is 11.8 Å². The van der Waals surface area contributed by atoms with Crippen molar-refractivity contribution in [3.8, 4) is 11.8 Å². The molecule has 2 nitrogen and oxygen atoms in total. The van der Waals surface area contributed by atoms with E-state index < -0.39 is 0 Å². The minimum absolute atomic E-state index is 0.349. The van der Waals surface area contributed by atoms with Crippen LogP contribution in [0, 0.1) is 23.2 Å². The van der Waals surface area contributed by atoms with Crippen molar-refractivity contribution >= 4 is 5.57 Å². The van der Waals surface area contributed by atoms with Gasteiger partial charge in [0.1, 0.15) is 5.75 Å². The topological polar surface area (TPSA) is 33.0 Å². The molecule has 0 amide bonds. The minimum atomic E-state index is 0.349. The van der Waals surface area contributed by atoms with Crippen LogP contribution in [0.15, 0.2) is 42.0 Å². The van der Waals surface area contributed by atoms with Crippen LogP contribution >= 0.6 is 0 Å². The van der Waals surface area contributed by atoms with Crippen LogP contribution in [0.5, 0.6) is 5.75 Å². The fourth-order valence-electron chi connectivity index (χ4n) is 2.81. The summed E-state index contributed by atoms with van der Waals surface area (Å²) in [4.78, 5) is 0. The smallest absolute Gasteiger partial charge is 0.118 e. The summed E-state index contributed by atoms with van der Waals surface area (Å²) in [6.45, 7) is 0. The van der Waals surface area contributed by atoms with E-state index in [0.717, 1.165) is 23.3 Å². The lowest BCUT2D eigenvalue weighted by atomic mass is 9.92. The molecule has 0 saturated heterocycles. The molecular weight excluding hydrogens is 210 g/mol. The number of nitrogens with zero attached hydrogens (tertiary/aromatic N) is 1. The molecular formula is C15H13NO. The molecule has 0 saturated carbocycles. The molecule has 2 bridgehead atoms. The van der Waals surface area contributed by atoms with Crippen LogP contribution in [0.4, 0.5) is 0 Å². The van der Waals surface area contributed by atoms with E-state index in [1.54, 1.807) is 7.11 Å². The predicted molar refractivity (Wildman–Crippen MR) is 66.3 cm³/mol. The van der Waals surface area contributed by atoms with Gasteiger partial charge in [0.15, 0.2) is 0 Å². The van der Waals surface area contributed by atoms with E-state index in [0.29, 0.717) is 11.8 Å². The number of hydrogen-bond acceptors (Lipinski definition) is 2. The molecule has 3 rings (SSSR count). The summed E-state index contributed by atoms with van der Waals surface area (Å²) in [6, 6.07) is 10.4. The van der Waals surface area contributed by atoms with E-state index in [2.05, 4.69) is 18.2 Å². The normalized spacial score (nSPS) is 25.2. The van der Waals surface area contributed by atoms with Gasteiger partial charge < -0.3 is 4.74 Å². The van der Waals surface area contributed by atoms with E-state index in [1.165, 1.54) is 5.57 Å². The third kappa shape index (κ3) is 1.47. The Hall–Kier alpha value is -2.01. The maximum atomic E-state index is 9.25. The molecule has 1 aromatic rings. The van der Waals surface area contributed by atoms with Gasteiger partial charge >= 0.3 is 0 Å². The molecule has 2 aliphatic carbocycles. The third-order valence-electron chi connectivity index (χ3n) is 3.64. The fraction of sp³-hybridized carbons (Fsp3) is 0.267. The summed E-state index contributed by atoms with van der Waals surface area (Å²) in [5.41, 5.74) is 3.31. The molecule has 0 aliphatic heterocycles. The first kappa shape index (κ1) is 10.2. The predicted octanol–water partition coefficient (Wildman–Crippen LogP) is 3.18. The van der Waals surface area contributed by atoms with Crippen LogP contribution in [0.2, 0.25) is 0 Å². The quantitative estimate of drug-likeness (QED) is 0.721. The zero-order chi connectivity index (χ0) is 11.8. The number of allylic oxidation sites excluding steroid dienone is 4. The molecule has 0 unspecified atom stereocenters. The third-order valence-corrected chi connectivity index (χ3v) is 3.64. The second kappa shape index (κ2) is 3.78. The van der Waals surface area contributed by atoms with E-state index in [-0.39, 0.29) is 0 Å². The standard InChI is InChI=1S/C15H13NO/c1-17-13-6-4-10(5-7-13)15-12-3-2-11(8-12)14(15)9-16/h2-7,11-12H,8H2,1H3/t11-,12+/m1/s1. The average Bonchev–Trinajstić information content (AvgIpc) is 2.98. The molecule has 84 valence electrons. The van der Waals surface area contributed by atoms with Crippen LogP contribution in [0.3, 0.4) is 0 Å². The van der Waals surface area contributed by atoms with Crippen LogP contribution in [0.1, 0.15) is 12.0 Å². The number of methoxy groups -OCH3 is 1. The highest BCUT2D eigenvalue weighted by Crippen LogP contribution is 2.48. The zero-order valence-corrected chi connectivity index (χ0v) is 9.68. The summed E-state index contributed by atoms with van der Waals surface area (Å²) in [5, 5.41) is 9.25. The van der Waals surface area contributed by atoms with Gasteiger partial charge in [0, 0.05) is 17.4 Å². The molecule has 0 fully saturated rings. The van der Waals surface area contributed by atoms with Gasteiger partial charge in [-0.25, -0.2) is 0 Å². The summed E-state index contributed by atoms with van der Waals surface area (Å²) < 4.78 is 5.15. The Bertz CT molecular complexity index is 545. The molecule has 0 spiro atoms. The summed E-state index contributed by atoms with van der Waals surface area (Å²) >= 11 is 0. The van der Waals surface area contributed by atoms with Crippen molar-refractivity contribution < 1.29 is 4.74 Å². The van der Waals surface area contributed by atoms with Gasteiger partial charge in [-0.3, -0.25) is 0 Å². The van der Waals surface area contributed by atoms with Crippen molar-refractivity contribution in [2.75, 3.05) is 7.11 Å². The van der Waals surface area contributed by atoms with Gasteiger partial charge in [-0.1, -0.05) is 24.3 Å². The van der Waals surface area contributed by atoms with E-state index in [9.17, 15) is 5.26 Å². The number of rotatable bonds is 2. The van der Waals surface area contributed by atoms with Crippen molar-refractivity contribution in [1.82, 2.24) is 0 Å². The fourth-order valence-corrected chi connectivity index (χ4v) is 2.81. The molecule has 1 aromatic carbocycles. The van der Waals surface area contributed by atoms with Crippen LogP contribution < -0.4 is 4.74 Å². The number of benzene rings is 1. The monoisotopic (exact) mass is 223 g/mol. The number of nitriles is 1. The molecule has 17 heavy (non-hydrogen) atoms.